The van der Waals surface area contributed by atoms with Crippen LogP contribution in [-0.4, -0.2) is 26.1 Å². The molecule has 2 aromatic carbocycles. The Labute approximate surface area is 122 Å². The monoisotopic (exact) mass is 286 g/mol. The maximum Gasteiger partial charge on any atom is 0.275 e. The van der Waals surface area contributed by atoms with Gasteiger partial charge in [-0.2, -0.15) is 0 Å². The van der Waals surface area contributed by atoms with Gasteiger partial charge in [0.25, 0.3) is 6.29 Å². The lowest BCUT2D eigenvalue weighted by Crippen LogP contribution is -2.34. The van der Waals surface area contributed by atoms with Gasteiger partial charge in [0, 0.05) is 6.07 Å². The van der Waals surface area contributed by atoms with Crippen molar-refractivity contribution in [3.05, 3.63) is 42.5 Å². The Hall–Kier alpha value is -2.56. The van der Waals surface area contributed by atoms with Crippen LogP contribution in [0.25, 0.3) is 0 Å². The molecule has 0 aliphatic carbocycles. The number of hydrogen-bond donors (Lipinski definition) is 0. The summed E-state index contributed by atoms with van der Waals surface area (Å²) in [5.41, 5.74) is 0. The van der Waals surface area contributed by atoms with Crippen LogP contribution < -0.4 is 23.7 Å². The van der Waals surface area contributed by atoms with Gasteiger partial charge in [-0.05, 0) is 24.3 Å². The maximum atomic E-state index is 5.80. The molecule has 108 valence electrons. The summed E-state index contributed by atoms with van der Waals surface area (Å²) in [6, 6.07) is 13.0. The second-order valence-electron chi connectivity index (χ2n) is 4.73. The molecule has 21 heavy (non-hydrogen) atoms. The Bertz CT molecular complexity index is 655. The molecule has 0 amide bonds. The number of para-hydroxylation sites is 2. The first kappa shape index (κ1) is 12.2. The molecule has 5 heteroatoms. The Morgan fingerprint density at radius 3 is 2.48 bits per heavy atom. The van der Waals surface area contributed by atoms with Gasteiger partial charge in [0.2, 0.25) is 0 Å². The van der Waals surface area contributed by atoms with E-state index in [1.165, 1.54) is 0 Å². The van der Waals surface area contributed by atoms with E-state index in [1.807, 2.05) is 36.4 Å². The van der Waals surface area contributed by atoms with Crippen molar-refractivity contribution < 1.29 is 23.7 Å². The highest BCUT2D eigenvalue weighted by Gasteiger charge is 2.22. The summed E-state index contributed by atoms with van der Waals surface area (Å²) < 4.78 is 28.2. The van der Waals surface area contributed by atoms with E-state index in [9.17, 15) is 0 Å². The lowest BCUT2D eigenvalue weighted by Gasteiger charge is -2.27. The SMILES string of the molecule is c1ccc2c(c1)OCC(Oc1ccc3c(c1)OCCO3)O2. The standard InChI is InChI=1S/C16H14O5/c1-2-4-14-12(3-1)19-10-16(21-14)20-11-5-6-13-15(9-11)18-8-7-17-13/h1-6,9,16H,7-8,10H2. The first-order valence-corrected chi connectivity index (χ1v) is 6.83. The zero-order valence-corrected chi connectivity index (χ0v) is 11.3. The minimum atomic E-state index is -0.484. The molecule has 0 saturated carbocycles. The molecule has 1 atom stereocenters. The summed E-state index contributed by atoms with van der Waals surface area (Å²) >= 11 is 0. The summed E-state index contributed by atoms with van der Waals surface area (Å²) in [5.74, 6) is 3.51. The lowest BCUT2D eigenvalue weighted by atomic mass is 10.3. The zero-order valence-electron chi connectivity index (χ0n) is 11.3. The van der Waals surface area contributed by atoms with Crippen molar-refractivity contribution in [2.45, 2.75) is 6.29 Å². The van der Waals surface area contributed by atoms with E-state index in [4.69, 9.17) is 23.7 Å². The summed E-state index contributed by atoms with van der Waals surface area (Å²) in [5, 5.41) is 0. The van der Waals surface area contributed by atoms with Crippen molar-refractivity contribution in [1.82, 2.24) is 0 Å². The van der Waals surface area contributed by atoms with Gasteiger partial charge in [-0.3, -0.25) is 0 Å². The molecule has 0 fully saturated rings. The minimum absolute atomic E-state index is 0.339. The molecular formula is C16H14O5. The minimum Gasteiger partial charge on any atom is -0.486 e. The van der Waals surface area contributed by atoms with E-state index in [2.05, 4.69) is 0 Å². The lowest BCUT2D eigenvalue weighted by molar-refractivity contribution is -0.0482. The van der Waals surface area contributed by atoms with Gasteiger partial charge in [0.15, 0.2) is 29.6 Å². The maximum absolute atomic E-state index is 5.80. The quantitative estimate of drug-likeness (QED) is 0.849. The van der Waals surface area contributed by atoms with E-state index >= 15 is 0 Å². The molecule has 0 bridgehead atoms. The van der Waals surface area contributed by atoms with Crippen LogP contribution >= 0.6 is 0 Å². The Morgan fingerprint density at radius 2 is 1.57 bits per heavy atom. The zero-order chi connectivity index (χ0) is 14.1. The average molecular weight is 286 g/mol. The predicted octanol–water partition coefficient (Wildman–Crippen LogP) is 2.63. The number of rotatable bonds is 2. The van der Waals surface area contributed by atoms with Gasteiger partial charge < -0.3 is 23.7 Å². The largest absolute Gasteiger partial charge is 0.486 e. The molecule has 4 rings (SSSR count). The fourth-order valence-corrected chi connectivity index (χ4v) is 2.31. The number of ether oxygens (including phenoxy) is 5. The number of fused-ring (bicyclic) bond motifs is 2. The van der Waals surface area contributed by atoms with Crippen LogP contribution in [0.2, 0.25) is 0 Å². The molecule has 2 heterocycles. The summed E-state index contributed by atoms with van der Waals surface area (Å²) in [4.78, 5) is 0. The van der Waals surface area contributed by atoms with Crippen LogP contribution in [0, 0.1) is 0 Å². The van der Waals surface area contributed by atoms with Crippen molar-refractivity contribution in [3.63, 3.8) is 0 Å². The van der Waals surface area contributed by atoms with Crippen LogP contribution in [-0.2, 0) is 0 Å². The van der Waals surface area contributed by atoms with E-state index in [0.717, 1.165) is 11.5 Å². The van der Waals surface area contributed by atoms with Crippen molar-refractivity contribution >= 4 is 0 Å². The predicted molar refractivity (Wildman–Crippen MR) is 74.4 cm³/mol. The first-order valence-electron chi connectivity index (χ1n) is 6.83. The molecule has 5 nitrogen and oxygen atoms in total. The summed E-state index contributed by atoms with van der Waals surface area (Å²) in [6.07, 6.45) is -0.484. The average Bonchev–Trinajstić information content (AvgIpc) is 2.55. The molecule has 2 aromatic rings. The van der Waals surface area contributed by atoms with Crippen molar-refractivity contribution in [3.8, 4) is 28.7 Å². The number of hydrogen-bond acceptors (Lipinski definition) is 5. The first-order chi connectivity index (χ1) is 10.4. The van der Waals surface area contributed by atoms with Crippen LogP contribution in [0.1, 0.15) is 0 Å². The third-order valence-corrected chi connectivity index (χ3v) is 3.26. The highest BCUT2D eigenvalue weighted by atomic mass is 16.7. The third kappa shape index (κ3) is 2.42. The van der Waals surface area contributed by atoms with Gasteiger partial charge in [0.05, 0.1) is 0 Å². The second-order valence-corrected chi connectivity index (χ2v) is 4.73. The summed E-state index contributed by atoms with van der Waals surface area (Å²) in [6.45, 7) is 1.46. The highest BCUT2D eigenvalue weighted by Crippen LogP contribution is 2.35. The number of benzene rings is 2. The fourth-order valence-electron chi connectivity index (χ4n) is 2.31. The van der Waals surface area contributed by atoms with Crippen molar-refractivity contribution in [1.29, 1.82) is 0 Å². The molecule has 2 aliphatic rings. The summed E-state index contributed by atoms with van der Waals surface area (Å²) in [7, 11) is 0. The van der Waals surface area contributed by atoms with Gasteiger partial charge in [-0.25, -0.2) is 0 Å². The molecule has 1 unspecified atom stereocenters. The van der Waals surface area contributed by atoms with E-state index < -0.39 is 6.29 Å². The fraction of sp³-hybridized carbons (Fsp3) is 0.250. The molecular weight excluding hydrogens is 272 g/mol. The normalized spacial score (nSPS) is 19.0. The topological polar surface area (TPSA) is 46.2 Å². The molecule has 0 radical (unpaired) electrons. The van der Waals surface area contributed by atoms with Crippen molar-refractivity contribution in [2.75, 3.05) is 19.8 Å². The molecule has 0 saturated heterocycles. The third-order valence-electron chi connectivity index (χ3n) is 3.26. The smallest absolute Gasteiger partial charge is 0.275 e. The molecule has 0 N–H and O–H groups in total. The van der Waals surface area contributed by atoms with Crippen LogP contribution in [0.15, 0.2) is 42.5 Å². The van der Waals surface area contributed by atoms with Gasteiger partial charge in [0.1, 0.15) is 19.0 Å². The Morgan fingerprint density at radius 1 is 0.810 bits per heavy atom. The molecule has 0 spiro atoms. The Kier molecular flexibility index (Phi) is 2.96. The second kappa shape index (κ2) is 5.09. The van der Waals surface area contributed by atoms with Gasteiger partial charge in [-0.15, -0.1) is 0 Å². The van der Waals surface area contributed by atoms with E-state index in [0.29, 0.717) is 37.1 Å². The molecule has 0 aromatic heterocycles. The van der Waals surface area contributed by atoms with E-state index in [1.54, 1.807) is 6.07 Å². The molecule has 2 aliphatic heterocycles. The highest BCUT2D eigenvalue weighted by molar-refractivity contribution is 5.46. The van der Waals surface area contributed by atoms with Crippen molar-refractivity contribution in [2.24, 2.45) is 0 Å². The van der Waals surface area contributed by atoms with Gasteiger partial charge >= 0.3 is 0 Å². The Balaban J connectivity index is 1.50. The van der Waals surface area contributed by atoms with E-state index in [-0.39, 0.29) is 0 Å². The van der Waals surface area contributed by atoms with Crippen LogP contribution in [0.3, 0.4) is 0 Å². The van der Waals surface area contributed by atoms with Gasteiger partial charge in [-0.1, -0.05) is 12.1 Å². The van der Waals surface area contributed by atoms with Crippen LogP contribution in [0.5, 0.6) is 28.7 Å². The van der Waals surface area contributed by atoms with Crippen LogP contribution in [0.4, 0.5) is 0 Å².